The van der Waals surface area contributed by atoms with Gasteiger partial charge in [-0.2, -0.15) is 0 Å². The first-order valence-electron chi connectivity index (χ1n) is 0.783. The van der Waals surface area contributed by atoms with E-state index in [9.17, 15) is 0 Å². The summed E-state index contributed by atoms with van der Waals surface area (Å²) in [4.78, 5) is 21.6. The summed E-state index contributed by atoms with van der Waals surface area (Å²) in [5.74, 6) is 0. The summed E-state index contributed by atoms with van der Waals surface area (Å²) in [5, 5.41) is 0. The van der Waals surface area contributed by atoms with E-state index < -0.39 is 7.82 Å². The fraction of sp³-hybridized carbons (Fsp3) is 0. The maximum absolute atomic E-state index is 8.88. The number of halogens is 1. The maximum atomic E-state index is 8.88. The van der Waals surface area contributed by atoms with Gasteiger partial charge >= 0.3 is 64.4 Å². The Kier molecular flexibility index (Phi) is 69.8. The predicted molar refractivity (Wildman–Crippen MR) is 23.7 cm³/mol. The molecule has 10 heavy (non-hydrogen) atoms. The Morgan fingerprint density at radius 3 is 1.00 bits per heavy atom. The van der Waals surface area contributed by atoms with Crippen LogP contribution in [0.15, 0.2) is 0 Å². The van der Waals surface area contributed by atoms with E-state index in [-0.39, 0.29) is 71.0 Å². The fourth-order valence-corrected chi connectivity index (χ4v) is 0. The minimum atomic E-state index is -4.64. The van der Waals surface area contributed by atoms with Gasteiger partial charge in [-0.1, -0.05) is 0 Å². The van der Waals surface area contributed by atoms with E-state index in [1.807, 2.05) is 0 Å². The SMILES string of the molecule is F.O.O=P(O)(O)O.[H-].[H-].[H-].[Li+].[Li+].[Li+]. The molecule has 0 atom stereocenters. The Bertz CT molecular complexity index is 73.2. The van der Waals surface area contributed by atoms with Crippen LogP contribution in [0.1, 0.15) is 4.28 Å². The van der Waals surface area contributed by atoms with Crippen molar-refractivity contribution in [3.05, 3.63) is 0 Å². The van der Waals surface area contributed by atoms with Crippen LogP contribution in [-0.4, -0.2) is 20.2 Å². The van der Waals surface area contributed by atoms with E-state index in [1.165, 1.54) is 0 Å². The Balaban J connectivity index is -0.00000000286. The van der Waals surface area contributed by atoms with Crippen molar-refractivity contribution in [2.24, 2.45) is 0 Å². The van der Waals surface area contributed by atoms with Crippen molar-refractivity contribution < 1.29 is 90.3 Å². The Hall–Kier alpha value is 1.79. The second-order valence-corrected chi connectivity index (χ2v) is 1.54. The second-order valence-electron chi connectivity index (χ2n) is 0.513. The summed E-state index contributed by atoms with van der Waals surface area (Å²) < 4.78 is 8.88. The van der Waals surface area contributed by atoms with Crippen LogP contribution in [0, 0.1) is 0 Å². The van der Waals surface area contributed by atoms with E-state index in [2.05, 4.69) is 0 Å². The van der Waals surface area contributed by atoms with E-state index in [1.54, 1.807) is 0 Å². The monoisotopic (exact) mass is 160 g/mol. The van der Waals surface area contributed by atoms with E-state index in [0.717, 1.165) is 0 Å². The molecular formula is H9FLi3O5P. The first-order chi connectivity index (χ1) is 2.00. The molecular weight excluding hydrogens is 151 g/mol. The van der Waals surface area contributed by atoms with Crippen LogP contribution in [0.3, 0.4) is 0 Å². The molecule has 0 unspecified atom stereocenters. The van der Waals surface area contributed by atoms with Crippen molar-refractivity contribution in [1.82, 2.24) is 0 Å². The first-order valence-corrected chi connectivity index (χ1v) is 2.35. The van der Waals surface area contributed by atoms with Crippen molar-refractivity contribution in [2.45, 2.75) is 0 Å². The van der Waals surface area contributed by atoms with Crippen molar-refractivity contribution in [1.29, 1.82) is 0 Å². The Morgan fingerprint density at radius 1 is 1.00 bits per heavy atom. The van der Waals surface area contributed by atoms with Crippen molar-refractivity contribution in [2.75, 3.05) is 0 Å². The number of hydrogen-bond donors (Lipinski definition) is 3. The van der Waals surface area contributed by atoms with E-state index >= 15 is 0 Å². The van der Waals surface area contributed by atoms with Gasteiger partial charge in [-0.15, -0.1) is 0 Å². The molecule has 5 N–H and O–H groups in total. The summed E-state index contributed by atoms with van der Waals surface area (Å²) >= 11 is 0. The molecule has 5 nitrogen and oxygen atoms in total. The molecule has 0 bridgehead atoms. The van der Waals surface area contributed by atoms with Gasteiger partial charge in [0.15, 0.2) is 0 Å². The molecule has 0 aliphatic carbocycles. The third-order valence-electron chi connectivity index (χ3n) is 0. The van der Waals surface area contributed by atoms with E-state index in [4.69, 9.17) is 19.2 Å². The Labute approximate surface area is 97.9 Å². The minimum Gasteiger partial charge on any atom is -1.00 e. The third-order valence-corrected chi connectivity index (χ3v) is 0. The average molecular weight is 160 g/mol. The molecule has 0 fully saturated rings. The van der Waals surface area contributed by atoms with Crippen LogP contribution in [0.2, 0.25) is 0 Å². The van der Waals surface area contributed by atoms with Crippen LogP contribution in [0.5, 0.6) is 0 Å². The van der Waals surface area contributed by atoms with Crippen LogP contribution in [0.25, 0.3) is 0 Å². The first kappa shape index (κ1) is 40.9. The number of rotatable bonds is 0. The molecule has 0 aromatic heterocycles. The minimum absolute atomic E-state index is 0. The van der Waals surface area contributed by atoms with Gasteiger partial charge in [-0.25, -0.2) is 4.57 Å². The molecule has 54 valence electrons. The largest absolute Gasteiger partial charge is 1.00 e. The molecule has 0 aromatic rings. The van der Waals surface area contributed by atoms with Crippen LogP contribution >= 0.6 is 7.82 Å². The summed E-state index contributed by atoms with van der Waals surface area (Å²) in [5.41, 5.74) is 0. The molecule has 0 spiro atoms. The van der Waals surface area contributed by atoms with Crippen LogP contribution < -0.4 is 56.6 Å². The summed E-state index contributed by atoms with van der Waals surface area (Å²) in [6, 6.07) is 0. The Morgan fingerprint density at radius 2 is 1.00 bits per heavy atom. The second kappa shape index (κ2) is 17.0. The summed E-state index contributed by atoms with van der Waals surface area (Å²) in [7, 11) is -4.64. The van der Waals surface area contributed by atoms with Crippen LogP contribution in [-0.2, 0) is 4.57 Å². The fourth-order valence-electron chi connectivity index (χ4n) is 0. The van der Waals surface area contributed by atoms with Gasteiger partial charge in [0, 0.05) is 0 Å². The summed E-state index contributed by atoms with van der Waals surface area (Å²) in [6.07, 6.45) is 0. The van der Waals surface area contributed by atoms with Gasteiger partial charge in [0.05, 0.1) is 0 Å². The van der Waals surface area contributed by atoms with Crippen molar-refractivity contribution >= 4 is 7.82 Å². The predicted octanol–water partition coefficient (Wildman–Crippen LogP) is -10.3. The maximum Gasteiger partial charge on any atom is 1.00 e. The van der Waals surface area contributed by atoms with Gasteiger partial charge in [0.25, 0.3) is 0 Å². The normalized spacial score (nSPS) is 5.90. The van der Waals surface area contributed by atoms with Gasteiger partial charge < -0.3 is 24.4 Å². The zero-order valence-electron chi connectivity index (χ0n) is 9.11. The van der Waals surface area contributed by atoms with E-state index in [0.29, 0.717) is 0 Å². The molecule has 0 radical (unpaired) electrons. The smallest absolute Gasteiger partial charge is 1.00 e. The molecule has 0 rings (SSSR count). The molecule has 0 saturated heterocycles. The molecule has 10 heteroatoms. The van der Waals surface area contributed by atoms with Gasteiger partial charge in [-0.05, 0) is 0 Å². The van der Waals surface area contributed by atoms with Crippen LogP contribution in [0.4, 0.5) is 4.70 Å². The van der Waals surface area contributed by atoms with Gasteiger partial charge in [0.2, 0.25) is 0 Å². The molecule has 0 aliphatic rings. The quantitative estimate of drug-likeness (QED) is 0.241. The molecule has 0 saturated carbocycles. The molecule has 0 amide bonds. The zero-order chi connectivity index (χ0) is 4.50. The topological polar surface area (TPSA) is 109 Å². The third kappa shape index (κ3) is 236. The van der Waals surface area contributed by atoms with Gasteiger partial charge in [-0.3, -0.25) is 4.70 Å². The van der Waals surface area contributed by atoms with Gasteiger partial charge in [0.1, 0.15) is 0 Å². The standard InChI is InChI=1S/FH.3Li.H3O4P.H2O.3H/c;;;;1-5(2,3)4;;;;/h1H;;;;(H3,1,2,3,4);1H2;;;/q;3*+1;;;3*-1. The summed E-state index contributed by atoms with van der Waals surface area (Å²) in [6.45, 7) is 0. The van der Waals surface area contributed by atoms with Crippen molar-refractivity contribution in [3.63, 3.8) is 0 Å². The average Bonchev–Trinajstić information content (AvgIpc) is 0.722. The zero-order valence-corrected chi connectivity index (χ0v) is 7.00. The number of phosphoric acid groups is 1. The number of hydrogen-bond acceptors (Lipinski definition) is 1. The molecule has 0 heterocycles. The molecule has 0 aromatic carbocycles. The van der Waals surface area contributed by atoms with Crippen molar-refractivity contribution in [3.8, 4) is 0 Å². The molecule has 0 aliphatic heterocycles.